The number of ether oxygens (including phenoxy) is 1. The van der Waals surface area contributed by atoms with Crippen molar-refractivity contribution >= 4 is 60.2 Å². The smallest absolute Gasteiger partial charge is 0.280 e. The van der Waals surface area contributed by atoms with E-state index >= 15 is 0 Å². The molecule has 212 valence electrons. The monoisotopic (exact) mass is 601 g/mol. The topological polar surface area (TPSA) is 135 Å². The first-order chi connectivity index (χ1) is 20.2. The van der Waals surface area contributed by atoms with E-state index in [0.717, 1.165) is 9.71 Å². The Hall–Kier alpha value is -5.14. The molecule has 0 fully saturated rings. The van der Waals surface area contributed by atoms with Crippen molar-refractivity contribution in [3.05, 3.63) is 118 Å². The highest BCUT2D eigenvalue weighted by molar-refractivity contribution is 7.92. The molecule has 42 heavy (non-hydrogen) atoms. The molecule has 0 aliphatic rings. The number of hydrogen-bond donors (Lipinski definition) is 0. The largest absolute Gasteiger partial charge is 0.497 e. The highest BCUT2D eigenvalue weighted by Crippen LogP contribution is 2.33. The zero-order chi connectivity index (χ0) is 29.9. The van der Waals surface area contributed by atoms with Gasteiger partial charge in [0.1, 0.15) is 5.75 Å². The average molecular weight is 602 g/mol. The number of sulfonamides is 1. The van der Waals surface area contributed by atoms with Crippen LogP contribution in [0, 0.1) is 10.1 Å². The molecule has 4 aromatic carbocycles. The number of thiazole rings is 1. The number of nitro benzene ring substituents is 1. The van der Waals surface area contributed by atoms with Crippen LogP contribution in [0.1, 0.15) is 15.9 Å². The lowest BCUT2D eigenvalue weighted by atomic mass is 10.2. The number of carbonyl (C=O) groups excluding carboxylic acids is 1. The number of anilines is 2. The molecule has 11 nitrogen and oxygen atoms in total. The predicted octanol–water partition coefficient (Wildman–Crippen LogP) is 5.72. The van der Waals surface area contributed by atoms with Gasteiger partial charge in [0.05, 0.1) is 39.0 Å². The number of non-ortho nitro benzene ring substituents is 1. The Morgan fingerprint density at radius 2 is 1.69 bits per heavy atom. The zero-order valence-corrected chi connectivity index (χ0v) is 24.0. The molecule has 0 saturated carbocycles. The maximum Gasteiger partial charge on any atom is 0.280 e. The number of para-hydroxylation sites is 1. The van der Waals surface area contributed by atoms with Crippen molar-refractivity contribution in [1.29, 1.82) is 0 Å². The number of aromatic nitrogens is 1. The second kappa shape index (κ2) is 11.8. The van der Waals surface area contributed by atoms with E-state index in [1.807, 2.05) is 0 Å². The van der Waals surface area contributed by atoms with E-state index < -0.39 is 20.9 Å². The van der Waals surface area contributed by atoms with Crippen molar-refractivity contribution in [2.75, 3.05) is 23.5 Å². The Kier molecular flexibility index (Phi) is 7.95. The Labute approximate surface area is 245 Å². The third-order valence-corrected chi connectivity index (χ3v) is 9.06. The number of hydrogen-bond acceptors (Lipinski definition) is 9. The van der Waals surface area contributed by atoms with Crippen LogP contribution in [0.5, 0.6) is 5.75 Å². The first kappa shape index (κ1) is 28.4. The highest BCUT2D eigenvalue weighted by atomic mass is 32.2. The number of benzene rings is 4. The summed E-state index contributed by atoms with van der Waals surface area (Å²) in [7, 11) is -0.869. The summed E-state index contributed by atoms with van der Waals surface area (Å²) < 4.78 is 33.6. The molecular formula is C29H23N5O6S2. The van der Waals surface area contributed by atoms with Crippen LogP contribution in [-0.4, -0.2) is 44.6 Å². The van der Waals surface area contributed by atoms with E-state index in [9.17, 15) is 23.3 Å². The van der Waals surface area contributed by atoms with Crippen molar-refractivity contribution in [3.63, 3.8) is 0 Å². The number of nitro groups is 1. The van der Waals surface area contributed by atoms with E-state index in [4.69, 9.17) is 4.74 Å². The summed E-state index contributed by atoms with van der Waals surface area (Å²) in [6.45, 7) is 0. The van der Waals surface area contributed by atoms with Gasteiger partial charge in [-0.05, 0) is 72.3 Å². The molecule has 0 aliphatic carbocycles. The number of amides is 1. The van der Waals surface area contributed by atoms with E-state index in [2.05, 4.69) is 10.1 Å². The number of hydrazone groups is 1. The van der Waals surface area contributed by atoms with Crippen molar-refractivity contribution < 1.29 is 22.9 Å². The van der Waals surface area contributed by atoms with Gasteiger partial charge >= 0.3 is 0 Å². The number of nitrogens with zero attached hydrogens (tertiary/aromatic N) is 5. The molecule has 5 aromatic rings. The molecule has 0 aliphatic heterocycles. The van der Waals surface area contributed by atoms with Gasteiger partial charge in [0.2, 0.25) is 5.13 Å². The molecule has 1 amide bonds. The quantitative estimate of drug-likeness (QED) is 0.120. The molecule has 13 heteroatoms. The summed E-state index contributed by atoms with van der Waals surface area (Å²) >= 11 is 1.22. The van der Waals surface area contributed by atoms with Gasteiger partial charge < -0.3 is 4.74 Å². The molecule has 0 unspecified atom stereocenters. The van der Waals surface area contributed by atoms with Crippen LogP contribution in [0.3, 0.4) is 0 Å². The summed E-state index contributed by atoms with van der Waals surface area (Å²) in [6.07, 6.45) is 1.39. The van der Waals surface area contributed by atoms with Gasteiger partial charge in [-0.25, -0.2) is 13.4 Å². The van der Waals surface area contributed by atoms with Gasteiger partial charge in [0.25, 0.3) is 21.6 Å². The average Bonchev–Trinajstić information content (AvgIpc) is 3.44. The molecule has 1 aromatic heterocycles. The summed E-state index contributed by atoms with van der Waals surface area (Å²) in [5.41, 5.74) is 1.75. The Balaban J connectivity index is 1.48. The molecule has 0 radical (unpaired) electrons. The predicted molar refractivity (Wildman–Crippen MR) is 162 cm³/mol. The summed E-state index contributed by atoms with van der Waals surface area (Å²) in [5.74, 6) is 0.0711. The fourth-order valence-corrected chi connectivity index (χ4v) is 6.08. The minimum absolute atomic E-state index is 0.0124. The van der Waals surface area contributed by atoms with Gasteiger partial charge in [-0.1, -0.05) is 29.5 Å². The number of carbonyl (C=O) groups is 1. The van der Waals surface area contributed by atoms with Crippen LogP contribution < -0.4 is 14.1 Å². The van der Waals surface area contributed by atoms with Crippen molar-refractivity contribution in [2.24, 2.45) is 5.10 Å². The van der Waals surface area contributed by atoms with Crippen LogP contribution >= 0.6 is 11.3 Å². The van der Waals surface area contributed by atoms with Crippen LogP contribution in [0.2, 0.25) is 0 Å². The molecule has 0 N–H and O–H groups in total. The molecule has 0 spiro atoms. The van der Waals surface area contributed by atoms with Crippen molar-refractivity contribution in [2.45, 2.75) is 4.90 Å². The van der Waals surface area contributed by atoms with E-state index in [1.165, 1.54) is 77.4 Å². The maximum absolute atomic E-state index is 13.7. The second-order valence-corrected chi connectivity index (χ2v) is 11.9. The molecule has 0 bridgehead atoms. The standard InChI is InChI=1S/C29H23N5O6S2/c1-32(22-6-4-3-5-7-22)42(38,39)25-15-10-21(11-16-25)28(35)33(30-19-20-8-12-23(13-9-20)34(36)37)29-31-26-17-14-24(40-2)18-27(26)41-29/h3-19H,1-2H3/b30-19+. The first-order valence-electron chi connectivity index (χ1n) is 12.4. The number of rotatable bonds is 9. The normalized spacial score (nSPS) is 11.5. The molecular weight excluding hydrogens is 578 g/mol. The summed E-state index contributed by atoms with van der Waals surface area (Å²) in [4.78, 5) is 28.8. The van der Waals surface area contributed by atoms with Gasteiger partial charge in [-0.15, -0.1) is 0 Å². The van der Waals surface area contributed by atoms with Gasteiger partial charge in [0, 0.05) is 24.7 Å². The highest BCUT2D eigenvalue weighted by Gasteiger charge is 2.24. The molecule has 1 heterocycles. The lowest BCUT2D eigenvalue weighted by molar-refractivity contribution is -0.384. The van der Waals surface area contributed by atoms with Crippen LogP contribution in [0.4, 0.5) is 16.5 Å². The lowest BCUT2D eigenvalue weighted by Gasteiger charge is -2.19. The summed E-state index contributed by atoms with van der Waals surface area (Å²) in [5, 5.41) is 16.7. The van der Waals surface area contributed by atoms with E-state index in [-0.39, 0.29) is 21.3 Å². The van der Waals surface area contributed by atoms with Gasteiger partial charge in [-0.2, -0.15) is 10.1 Å². The fraction of sp³-hybridized carbons (Fsp3) is 0.0690. The minimum Gasteiger partial charge on any atom is -0.497 e. The Bertz CT molecular complexity index is 1890. The third kappa shape index (κ3) is 5.82. The van der Waals surface area contributed by atoms with E-state index in [1.54, 1.807) is 55.6 Å². The number of methoxy groups -OCH3 is 1. The second-order valence-electron chi connectivity index (χ2n) is 8.87. The Morgan fingerprint density at radius 3 is 2.33 bits per heavy atom. The van der Waals surface area contributed by atoms with Crippen molar-refractivity contribution in [3.8, 4) is 5.75 Å². The summed E-state index contributed by atoms with van der Waals surface area (Å²) in [6, 6.07) is 25.2. The zero-order valence-electron chi connectivity index (χ0n) is 22.3. The molecule has 0 saturated heterocycles. The Morgan fingerprint density at radius 1 is 1.00 bits per heavy atom. The molecule has 5 rings (SSSR count). The number of fused-ring (bicyclic) bond motifs is 1. The molecule has 0 atom stereocenters. The van der Waals surface area contributed by atoms with Gasteiger partial charge in [0.15, 0.2) is 0 Å². The van der Waals surface area contributed by atoms with Crippen LogP contribution in [-0.2, 0) is 10.0 Å². The van der Waals surface area contributed by atoms with Crippen LogP contribution in [0.25, 0.3) is 10.2 Å². The maximum atomic E-state index is 13.7. The first-order valence-corrected chi connectivity index (χ1v) is 14.6. The van der Waals surface area contributed by atoms with Crippen molar-refractivity contribution in [1.82, 2.24) is 4.98 Å². The van der Waals surface area contributed by atoms with E-state index in [0.29, 0.717) is 22.5 Å². The third-order valence-electron chi connectivity index (χ3n) is 6.26. The lowest BCUT2D eigenvalue weighted by Crippen LogP contribution is -2.27. The minimum atomic E-state index is -3.88. The van der Waals surface area contributed by atoms with Crippen LogP contribution in [0.15, 0.2) is 107 Å². The van der Waals surface area contributed by atoms with Gasteiger partial charge in [-0.3, -0.25) is 19.2 Å². The fourth-order valence-electron chi connectivity index (χ4n) is 3.93. The SMILES string of the molecule is COc1ccc2nc(N(/N=C/c3ccc([N+](=O)[O-])cc3)C(=O)c3ccc(S(=O)(=O)N(C)c4ccccc4)cc3)sc2c1.